The maximum atomic E-state index is 13.7. The fraction of sp³-hybridized carbons (Fsp3) is 0.214. The number of pyridine rings is 1. The summed E-state index contributed by atoms with van der Waals surface area (Å²) in [7, 11) is 3.39. The fourth-order valence-corrected chi connectivity index (χ4v) is 1.95. The second-order valence-electron chi connectivity index (χ2n) is 4.17. The lowest BCUT2D eigenvalue weighted by Crippen LogP contribution is -2.19. The molecule has 0 atom stereocenters. The zero-order valence-corrected chi connectivity index (χ0v) is 11.5. The van der Waals surface area contributed by atoms with Gasteiger partial charge in [-0.05, 0) is 23.8 Å². The Morgan fingerprint density at radius 1 is 1.37 bits per heavy atom. The Morgan fingerprint density at radius 3 is 2.84 bits per heavy atom. The van der Waals surface area contributed by atoms with Gasteiger partial charge in [0.1, 0.15) is 5.75 Å². The average Bonchev–Trinajstić information content (AvgIpc) is 2.38. The van der Waals surface area contributed by atoms with Crippen LogP contribution in [0.15, 0.2) is 36.5 Å². The monoisotopic (exact) mass is 280 g/mol. The molecule has 0 saturated carbocycles. The van der Waals surface area contributed by atoms with Crippen LogP contribution in [-0.4, -0.2) is 19.1 Å². The molecule has 0 bridgehead atoms. The molecule has 0 aliphatic heterocycles. The van der Waals surface area contributed by atoms with Gasteiger partial charge < -0.3 is 9.64 Å². The summed E-state index contributed by atoms with van der Waals surface area (Å²) in [5.74, 6) is 0.612. The first kappa shape index (κ1) is 13.6. The van der Waals surface area contributed by atoms with E-state index >= 15 is 0 Å². The van der Waals surface area contributed by atoms with Crippen LogP contribution in [-0.2, 0) is 6.54 Å². The Hall–Kier alpha value is -1.81. The smallest absolute Gasteiger partial charge is 0.167 e. The van der Waals surface area contributed by atoms with Crippen molar-refractivity contribution < 1.29 is 9.13 Å². The molecule has 2 aromatic rings. The van der Waals surface area contributed by atoms with Gasteiger partial charge in [-0.25, -0.2) is 9.37 Å². The fourth-order valence-electron chi connectivity index (χ4n) is 1.81. The number of nitrogens with zero attached hydrogens (tertiary/aromatic N) is 2. The molecule has 19 heavy (non-hydrogen) atoms. The van der Waals surface area contributed by atoms with Crippen LogP contribution in [0.1, 0.15) is 5.56 Å². The highest BCUT2D eigenvalue weighted by Crippen LogP contribution is 2.21. The second kappa shape index (κ2) is 5.89. The summed E-state index contributed by atoms with van der Waals surface area (Å²) in [6.07, 6.45) is 1.43. The molecule has 5 heteroatoms. The molecule has 0 fully saturated rings. The van der Waals surface area contributed by atoms with Crippen LogP contribution in [0.4, 0.5) is 10.2 Å². The Bertz CT molecular complexity index is 577. The molecule has 1 aromatic carbocycles. The third kappa shape index (κ3) is 3.35. The molecule has 100 valence electrons. The largest absolute Gasteiger partial charge is 0.497 e. The van der Waals surface area contributed by atoms with Crippen molar-refractivity contribution in [2.24, 2.45) is 0 Å². The first-order valence-electron chi connectivity index (χ1n) is 5.75. The van der Waals surface area contributed by atoms with E-state index in [1.807, 2.05) is 24.3 Å². The Labute approximate surface area is 116 Å². The van der Waals surface area contributed by atoms with Gasteiger partial charge in [-0.1, -0.05) is 23.7 Å². The van der Waals surface area contributed by atoms with E-state index < -0.39 is 5.82 Å². The molecule has 1 heterocycles. The predicted molar refractivity (Wildman–Crippen MR) is 74.3 cm³/mol. The number of hydrogen-bond donors (Lipinski definition) is 0. The molecular weight excluding hydrogens is 267 g/mol. The number of rotatable bonds is 4. The van der Waals surface area contributed by atoms with Gasteiger partial charge in [-0.3, -0.25) is 0 Å². The lowest BCUT2D eigenvalue weighted by molar-refractivity contribution is 0.414. The van der Waals surface area contributed by atoms with Gasteiger partial charge in [0.15, 0.2) is 11.6 Å². The van der Waals surface area contributed by atoms with Crippen molar-refractivity contribution in [1.82, 2.24) is 4.98 Å². The van der Waals surface area contributed by atoms with E-state index in [1.54, 1.807) is 19.1 Å². The van der Waals surface area contributed by atoms with Gasteiger partial charge in [0, 0.05) is 19.8 Å². The van der Waals surface area contributed by atoms with Crippen molar-refractivity contribution >= 4 is 17.4 Å². The average molecular weight is 281 g/mol. The van der Waals surface area contributed by atoms with Crippen LogP contribution in [0, 0.1) is 5.82 Å². The minimum Gasteiger partial charge on any atom is -0.497 e. The molecule has 0 saturated heterocycles. The number of benzene rings is 1. The van der Waals surface area contributed by atoms with Crippen molar-refractivity contribution in [2.75, 3.05) is 19.1 Å². The van der Waals surface area contributed by atoms with Crippen molar-refractivity contribution in [3.63, 3.8) is 0 Å². The molecule has 2 rings (SSSR count). The number of hydrogen-bond acceptors (Lipinski definition) is 3. The van der Waals surface area contributed by atoms with E-state index in [9.17, 15) is 4.39 Å². The lowest BCUT2D eigenvalue weighted by Gasteiger charge is -2.19. The summed E-state index contributed by atoms with van der Waals surface area (Å²) >= 11 is 5.68. The summed E-state index contributed by atoms with van der Waals surface area (Å²) in [6.45, 7) is 0.531. The third-order valence-corrected chi connectivity index (χ3v) is 2.91. The highest BCUT2D eigenvalue weighted by Gasteiger charge is 2.10. The van der Waals surface area contributed by atoms with Crippen molar-refractivity contribution in [3.8, 4) is 5.75 Å². The van der Waals surface area contributed by atoms with Gasteiger partial charge in [-0.2, -0.15) is 0 Å². The van der Waals surface area contributed by atoms with E-state index in [4.69, 9.17) is 16.3 Å². The van der Waals surface area contributed by atoms with Crippen molar-refractivity contribution in [1.29, 1.82) is 0 Å². The molecule has 0 radical (unpaired) electrons. The second-order valence-corrected chi connectivity index (χ2v) is 4.60. The SMILES string of the molecule is COc1cccc(CN(C)c2ncc(Cl)cc2F)c1. The molecule has 3 nitrogen and oxygen atoms in total. The number of aromatic nitrogens is 1. The molecule has 1 aromatic heterocycles. The summed E-state index contributed by atoms with van der Waals surface area (Å²) < 4.78 is 18.9. The molecule has 0 N–H and O–H groups in total. The lowest BCUT2D eigenvalue weighted by atomic mass is 10.2. The Balaban J connectivity index is 2.17. The highest BCUT2D eigenvalue weighted by molar-refractivity contribution is 6.30. The number of methoxy groups -OCH3 is 1. The standard InChI is InChI=1S/C14H14ClFN2O/c1-18(14-13(16)7-11(15)8-17-14)9-10-4-3-5-12(6-10)19-2/h3-8H,9H2,1-2H3. The first-order chi connectivity index (χ1) is 9.10. The van der Waals surface area contributed by atoms with E-state index in [2.05, 4.69) is 4.98 Å². The van der Waals surface area contributed by atoms with E-state index in [-0.39, 0.29) is 10.8 Å². The minimum atomic E-state index is -0.433. The number of ether oxygens (including phenoxy) is 1. The van der Waals surface area contributed by atoms with Crippen LogP contribution in [0.3, 0.4) is 0 Å². The molecular formula is C14H14ClFN2O. The van der Waals surface area contributed by atoms with Crippen LogP contribution in [0.25, 0.3) is 0 Å². The quantitative estimate of drug-likeness (QED) is 0.857. The molecule has 0 aliphatic carbocycles. The molecule has 0 unspecified atom stereocenters. The van der Waals surface area contributed by atoms with Crippen LogP contribution < -0.4 is 9.64 Å². The predicted octanol–water partition coefficient (Wildman–Crippen LogP) is 3.52. The maximum Gasteiger partial charge on any atom is 0.167 e. The van der Waals surface area contributed by atoms with Crippen molar-refractivity contribution in [2.45, 2.75) is 6.54 Å². The molecule has 0 spiro atoms. The Kier molecular flexibility index (Phi) is 4.22. The topological polar surface area (TPSA) is 25.4 Å². The van der Waals surface area contributed by atoms with Crippen LogP contribution in [0.2, 0.25) is 5.02 Å². The van der Waals surface area contributed by atoms with Crippen molar-refractivity contribution in [3.05, 3.63) is 52.9 Å². The first-order valence-corrected chi connectivity index (χ1v) is 6.13. The Morgan fingerprint density at radius 2 is 2.16 bits per heavy atom. The number of halogens is 2. The van der Waals surface area contributed by atoms with E-state index in [0.717, 1.165) is 11.3 Å². The summed E-state index contributed by atoms with van der Waals surface area (Å²) in [5.41, 5.74) is 1.01. The zero-order valence-electron chi connectivity index (χ0n) is 10.7. The summed E-state index contributed by atoms with van der Waals surface area (Å²) in [6, 6.07) is 8.88. The van der Waals surface area contributed by atoms with Gasteiger partial charge in [0.2, 0.25) is 0 Å². The molecule has 0 aliphatic rings. The van der Waals surface area contributed by atoms with Gasteiger partial charge in [-0.15, -0.1) is 0 Å². The van der Waals surface area contributed by atoms with Crippen LogP contribution in [0.5, 0.6) is 5.75 Å². The van der Waals surface area contributed by atoms with Gasteiger partial charge in [0.05, 0.1) is 12.1 Å². The van der Waals surface area contributed by atoms with E-state index in [0.29, 0.717) is 6.54 Å². The third-order valence-electron chi connectivity index (χ3n) is 2.70. The summed E-state index contributed by atoms with van der Waals surface area (Å²) in [4.78, 5) is 5.73. The minimum absolute atomic E-state index is 0.271. The van der Waals surface area contributed by atoms with Gasteiger partial charge >= 0.3 is 0 Å². The highest BCUT2D eigenvalue weighted by atomic mass is 35.5. The maximum absolute atomic E-state index is 13.7. The molecule has 0 amide bonds. The summed E-state index contributed by atoms with van der Waals surface area (Å²) in [5, 5.41) is 0.288. The van der Waals surface area contributed by atoms with E-state index in [1.165, 1.54) is 12.3 Å². The normalized spacial score (nSPS) is 10.3. The van der Waals surface area contributed by atoms with Gasteiger partial charge in [0.25, 0.3) is 0 Å². The number of anilines is 1. The van der Waals surface area contributed by atoms with Crippen LogP contribution >= 0.6 is 11.6 Å². The zero-order chi connectivity index (χ0) is 13.8.